The van der Waals surface area contributed by atoms with Crippen LogP contribution in [0.3, 0.4) is 0 Å². The molecule has 0 aromatic rings. The van der Waals surface area contributed by atoms with E-state index in [9.17, 15) is 9.59 Å². The average molecular weight is 278 g/mol. The second-order valence-corrected chi connectivity index (χ2v) is 5.33. The highest BCUT2D eigenvalue weighted by atomic mass is 16.6. The van der Waals surface area contributed by atoms with Gasteiger partial charge in [0.1, 0.15) is 6.10 Å². The molecule has 0 aliphatic heterocycles. The maximum Gasteiger partial charge on any atom is 0.324 e. The molecule has 2 aliphatic carbocycles. The molecule has 4 heteroatoms. The van der Waals surface area contributed by atoms with Crippen molar-refractivity contribution >= 4 is 11.9 Å². The molecule has 1 fully saturated rings. The van der Waals surface area contributed by atoms with Crippen LogP contribution >= 0.6 is 0 Å². The lowest BCUT2D eigenvalue weighted by Gasteiger charge is -2.33. The summed E-state index contributed by atoms with van der Waals surface area (Å²) >= 11 is 0. The number of ether oxygens (including phenoxy) is 2. The molecule has 0 N–H and O–H groups in total. The first kappa shape index (κ1) is 14.8. The Balaban J connectivity index is 2.11. The molecule has 4 nitrogen and oxygen atoms in total. The standard InChI is InChI=1S/C16H22O4/c1-2-19-14(17)16(11-7-4-8-12-16)15(18)20-13-9-5-3-6-10-13/h5-6,9-10,13H,2-4,7-8,11-12H2,1H3. The van der Waals surface area contributed by atoms with Crippen molar-refractivity contribution in [1.82, 2.24) is 0 Å². The van der Waals surface area contributed by atoms with Gasteiger partial charge in [-0.05, 0) is 38.3 Å². The number of esters is 2. The van der Waals surface area contributed by atoms with E-state index in [2.05, 4.69) is 0 Å². The second kappa shape index (κ2) is 6.73. The van der Waals surface area contributed by atoms with Crippen LogP contribution in [0.4, 0.5) is 0 Å². The molecular weight excluding hydrogens is 256 g/mol. The summed E-state index contributed by atoms with van der Waals surface area (Å²) in [6.07, 6.45) is 12.0. The Hall–Kier alpha value is -1.58. The smallest absolute Gasteiger partial charge is 0.324 e. The van der Waals surface area contributed by atoms with Crippen LogP contribution in [0, 0.1) is 5.41 Å². The van der Waals surface area contributed by atoms with Crippen molar-refractivity contribution in [3.05, 3.63) is 24.3 Å². The van der Waals surface area contributed by atoms with E-state index in [1.54, 1.807) is 6.92 Å². The van der Waals surface area contributed by atoms with E-state index in [0.29, 0.717) is 12.8 Å². The highest BCUT2D eigenvalue weighted by Crippen LogP contribution is 2.39. The molecule has 0 radical (unpaired) electrons. The summed E-state index contributed by atoms with van der Waals surface area (Å²) in [5.74, 6) is -0.856. The molecule has 20 heavy (non-hydrogen) atoms. The summed E-state index contributed by atoms with van der Waals surface area (Å²) < 4.78 is 10.6. The zero-order chi connectivity index (χ0) is 14.4. The summed E-state index contributed by atoms with van der Waals surface area (Å²) in [5.41, 5.74) is -1.09. The van der Waals surface area contributed by atoms with Gasteiger partial charge in [-0.1, -0.05) is 31.4 Å². The summed E-state index contributed by atoms with van der Waals surface area (Å²) in [5, 5.41) is 0. The van der Waals surface area contributed by atoms with Crippen LogP contribution in [0.1, 0.15) is 45.4 Å². The molecular formula is C16H22O4. The van der Waals surface area contributed by atoms with E-state index in [4.69, 9.17) is 9.47 Å². The minimum Gasteiger partial charge on any atom is -0.465 e. The van der Waals surface area contributed by atoms with Gasteiger partial charge in [0.05, 0.1) is 6.61 Å². The molecule has 110 valence electrons. The van der Waals surface area contributed by atoms with Crippen LogP contribution in [-0.4, -0.2) is 24.6 Å². The minimum absolute atomic E-state index is 0.289. The first-order chi connectivity index (χ1) is 9.69. The fourth-order valence-corrected chi connectivity index (χ4v) is 2.80. The van der Waals surface area contributed by atoms with Crippen LogP contribution < -0.4 is 0 Å². The number of allylic oxidation sites excluding steroid dienone is 2. The SMILES string of the molecule is CCOC(=O)C1(C(=O)OC2C=CCC=C2)CCCCC1. The Morgan fingerprint density at radius 2 is 1.75 bits per heavy atom. The van der Waals surface area contributed by atoms with E-state index in [1.807, 2.05) is 24.3 Å². The Morgan fingerprint density at radius 3 is 2.35 bits per heavy atom. The first-order valence-corrected chi connectivity index (χ1v) is 7.40. The van der Waals surface area contributed by atoms with Gasteiger partial charge in [0.25, 0.3) is 0 Å². The molecule has 0 aromatic carbocycles. The van der Waals surface area contributed by atoms with Crippen LogP contribution in [-0.2, 0) is 19.1 Å². The van der Waals surface area contributed by atoms with Crippen molar-refractivity contribution in [3.8, 4) is 0 Å². The van der Waals surface area contributed by atoms with Gasteiger partial charge in [0.2, 0.25) is 0 Å². The zero-order valence-corrected chi connectivity index (χ0v) is 12.0. The van der Waals surface area contributed by atoms with Gasteiger partial charge in [-0.2, -0.15) is 0 Å². The predicted molar refractivity (Wildman–Crippen MR) is 74.9 cm³/mol. The Morgan fingerprint density at radius 1 is 1.10 bits per heavy atom. The maximum atomic E-state index is 12.5. The van der Waals surface area contributed by atoms with Crippen molar-refractivity contribution in [3.63, 3.8) is 0 Å². The zero-order valence-electron chi connectivity index (χ0n) is 12.0. The van der Waals surface area contributed by atoms with Crippen molar-refractivity contribution in [2.75, 3.05) is 6.61 Å². The van der Waals surface area contributed by atoms with Gasteiger partial charge in [-0.3, -0.25) is 9.59 Å². The number of carbonyl (C=O) groups is 2. The lowest BCUT2D eigenvalue weighted by molar-refractivity contribution is -0.176. The summed E-state index contributed by atoms with van der Waals surface area (Å²) in [7, 11) is 0. The Kier molecular flexibility index (Phi) is 4.99. The minimum atomic E-state index is -1.09. The molecule has 2 rings (SSSR count). The number of hydrogen-bond donors (Lipinski definition) is 0. The van der Waals surface area contributed by atoms with E-state index in [-0.39, 0.29) is 12.7 Å². The Labute approximate surface area is 119 Å². The second-order valence-electron chi connectivity index (χ2n) is 5.33. The molecule has 0 amide bonds. The highest BCUT2D eigenvalue weighted by molar-refractivity contribution is 6.00. The third-order valence-electron chi connectivity index (χ3n) is 3.93. The quantitative estimate of drug-likeness (QED) is 0.451. The van der Waals surface area contributed by atoms with Gasteiger partial charge in [-0.15, -0.1) is 0 Å². The normalized spacial score (nSPS) is 21.4. The lowest BCUT2D eigenvalue weighted by Crippen LogP contribution is -2.44. The van der Waals surface area contributed by atoms with Gasteiger partial charge < -0.3 is 9.47 Å². The maximum absolute atomic E-state index is 12.5. The molecule has 2 aliphatic rings. The molecule has 0 heterocycles. The highest BCUT2D eigenvalue weighted by Gasteiger charge is 2.49. The number of hydrogen-bond acceptors (Lipinski definition) is 4. The average Bonchev–Trinajstić information content (AvgIpc) is 2.49. The summed E-state index contributed by atoms with van der Waals surface area (Å²) in [6.45, 7) is 2.05. The fourth-order valence-electron chi connectivity index (χ4n) is 2.80. The molecule has 1 saturated carbocycles. The number of rotatable bonds is 4. The van der Waals surface area contributed by atoms with Crippen molar-refractivity contribution in [2.24, 2.45) is 5.41 Å². The topological polar surface area (TPSA) is 52.6 Å². The third kappa shape index (κ3) is 3.11. The van der Waals surface area contributed by atoms with Crippen LogP contribution in [0.5, 0.6) is 0 Å². The molecule has 0 unspecified atom stereocenters. The van der Waals surface area contributed by atoms with E-state index in [0.717, 1.165) is 25.7 Å². The summed E-state index contributed by atoms with van der Waals surface area (Å²) in [4.78, 5) is 24.8. The molecule has 0 bridgehead atoms. The fraction of sp³-hybridized carbons (Fsp3) is 0.625. The summed E-state index contributed by atoms with van der Waals surface area (Å²) in [6, 6.07) is 0. The van der Waals surface area contributed by atoms with Crippen LogP contribution in [0.25, 0.3) is 0 Å². The van der Waals surface area contributed by atoms with Crippen molar-refractivity contribution in [1.29, 1.82) is 0 Å². The third-order valence-corrected chi connectivity index (χ3v) is 3.93. The van der Waals surface area contributed by atoms with E-state index >= 15 is 0 Å². The van der Waals surface area contributed by atoms with Gasteiger partial charge in [0, 0.05) is 0 Å². The molecule has 0 atom stereocenters. The van der Waals surface area contributed by atoms with Gasteiger partial charge >= 0.3 is 11.9 Å². The lowest BCUT2D eigenvalue weighted by atomic mass is 9.74. The van der Waals surface area contributed by atoms with Crippen LogP contribution in [0.2, 0.25) is 0 Å². The van der Waals surface area contributed by atoms with Gasteiger partial charge in [0.15, 0.2) is 5.41 Å². The van der Waals surface area contributed by atoms with E-state index < -0.39 is 17.4 Å². The monoisotopic (exact) mass is 278 g/mol. The van der Waals surface area contributed by atoms with E-state index in [1.165, 1.54) is 0 Å². The largest absolute Gasteiger partial charge is 0.465 e. The molecule has 0 spiro atoms. The van der Waals surface area contributed by atoms with Crippen LogP contribution in [0.15, 0.2) is 24.3 Å². The Bertz CT molecular complexity index is 404. The van der Waals surface area contributed by atoms with Crippen molar-refractivity contribution < 1.29 is 19.1 Å². The van der Waals surface area contributed by atoms with Crippen molar-refractivity contribution in [2.45, 2.75) is 51.6 Å². The number of carbonyl (C=O) groups excluding carboxylic acids is 2. The first-order valence-electron chi connectivity index (χ1n) is 7.40. The molecule has 0 saturated heterocycles. The molecule has 0 aromatic heterocycles. The predicted octanol–water partition coefficient (Wildman–Crippen LogP) is 2.93. The van der Waals surface area contributed by atoms with Gasteiger partial charge in [-0.25, -0.2) is 0 Å².